The fourth-order valence-electron chi connectivity index (χ4n) is 5.39. The first-order valence-corrected chi connectivity index (χ1v) is 19.5. The first kappa shape index (κ1) is 49.4. The number of benzene rings is 2. The van der Waals surface area contributed by atoms with Gasteiger partial charge in [0.1, 0.15) is 8.65 Å². The lowest BCUT2D eigenvalue weighted by atomic mass is 9.82. The van der Waals surface area contributed by atoms with Crippen LogP contribution in [0, 0.1) is 10.8 Å². The molecule has 0 radical (unpaired) electrons. The minimum absolute atomic E-state index is 0.0326. The second-order valence-electron chi connectivity index (χ2n) is 14.6. The summed E-state index contributed by atoms with van der Waals surface area (Å²) in [6, 6.07) is 19.7. The molecule has 2 aliphatic rings. The van der Waals surface area contributed by atoms with Crippen LogP contribution < -0.4 is 11.1 Å². The lowest BCUT2D eigenvalue weighted by molar-refractivity contribution is -0.204. The summed E-state index contributed by atoms with van der Waals surface area (Å²) in [4.78, 5) is 75.6. The number of alkyl halides is 2. The Hall–Kier alpha value is -3.66. The molecule has 3 N–H and O–H groups in total. The molecule has 0 aliphatic carbocycles. The molecule has 2 saturated heterocycles. The van der Waals surface area contributed by atoms with Crippen LogP contribution in [-0.4, -0.2) is 76.8 Å². The number of nitrogens with zero attached hydrogens (tertiary/aromatic N) is 1. The Morgan fingerprint density at radius 1 is 0.709 bits per heavy atom. The van der Waals surface area contributed by atoms with Gasteiger partial charge in [-0.1, -0.05) is 106 Å². The molecule has 306 valence electrons. The molecule has 55 heavy (non-hydrogen) atoms. The molecule has 2 unspecified atom stereocenters. The summed E-state index contributed by atoms with van der Waals surface area (Å²) < 4.78 is 12.4. The van der Waals surface area contributed by atoms with E-state index in [1.807, 2.05) is 74.5 Å². The molecule has 0 bridgehead atoms. The number of nitrogens with one attached hydrogen (secondary N) is 1. The molecule has 2 aromatic rings. The summed E-state index contributed by atoms with van der Waals surface area (Å²) in [6.07, 6.45) is 3.03. The average molecular weight is 900 g/mol. The lowest BCUT2D eigenvalue weighted by Crippen LogP contribution is -2.43. The van der Waals surface area contributed by atoms with E-state index in [9.17, 15) is 28.8 Å². The quantitative estimate of drug-likeness (QED) is 0.138. The van der Waals surface area contributed by atoms with Crippen LogP contribution in [-0.2, 0) is 60.9 Å². The van der Waals surface area contributed by atoms with Gasteiger partial charge in [-0.25, -0.2) is 4.79 Å². The SMILES string of the molecule is C1CCOC1.COC(=O)C(C)(Br)CC(C)(C)C(=O)NCc1ccccc1.COC(=O)C(C)(Br)CC(C)(C)C(=O)ON1C(=O)CCC1=O.NCc1ccccc1. The fourth-order valence-corrected chi connectivity index (χ4v) is 7.11. The molecule has 0 aromatic heterocycles. The summed E-state index contributed by atoms with van der Waals surface area (Å²) in [6.45, 7) is 13.1. The highest BCUT2D eigenvalue weighted by atomic mass is 79.9. The molecular weight excluding hydrogens is 842 g/mol. The maximum atomic E-state index is 12.3. The second-order valence-corrected chi connectivity index (χ2v) is 18.1. The van der Waals surface area contributed by atoms with Gasteiger partial charge in [-0.05, 0) is 64.5 Å². The number of hydrogen-bond acceptors (Lipinski definition) is 11. The van der Waals surface area contributed by atoms with Crippen LogP contribution in [0.15, 0.2) is 60.7 Å². The third kappa shape index (κ3) is 17.8. The van der Waals surface area contributed by atoms with Crippen LogP contribution in [0.2, 0.25) is 0 Å². The van der Waals surface area contributed by atoms with E-state index in [0.717, 1.165) is 18.8 Å². The molecule has 13 nitrogen and oxygen atoms in total. The van der Waals surface area contributed by atoms with Crippen molar-refractivity contribution in [2.24, 2.45) is 16.6 Å². The minimum Gasteiger partial charge on any atom is -0.468 e. The normalized spacial score (nSPS) is 15.9. The number of hydrogen-bond donors (Lipinski definition) is 2. The molecule has 2 heterocycles. The first-order valence-electron chi connectivity index (χ1n) is 17.9. The van der Waals surface area contributed by atoms with Crippen molar-refractivity contribution in [2.75, 3.05) is 27.4 Å². The Labute approximate surface area is 341 Å². The van der Waals surface area contributed by atoms with E-state index in [2.05, 4.69) is 41.9 Å². The van der Waals surface area contributed by atoms with Gasteiger partial charge < -0.3 is 30.1 Å². The topological polar surface area (TPSA) is 181 Å². The lowest BCUT2D eigenvalue weighted by Gasteiger charge is -2.30. The van der Waals surface area contributed by atoms with Crippen LogP contribution in [0.1, 0.15) is 91.2 Å². The molecule has 0 spiro atoms. The average Bonchev–Trinajstić information content (AvgIpc) is 3.84. The summed E-state index contributed by atoms with van der Waals surface area (Å²) in [5.74, 6) is -2.86. The number of esters is 2. The van der Waals surface area contributed by atoms with Crippen molar-refractivity contribution in [3.05, 3.63) is 71.8 Å². The summed E-state index contributed by atoms with van der Waals surface area (Å²) in [5.41, 5.74) is 5.78. The third-order valence-corrected chi connectivity index (χ3v) is 9.53. The first-order chi connectivity index (χ1) is 25.6. The second kappa shape index (κ2) is 23.4. The Balaban J connectivity index is 0.000000414. The van der Waals surface area contributed by atoms with E-state index in [1.165, 1.54) is 32.6 Å². The van der Waals surface area contributed by atoms with E-state index in [1.54, 1.807) is 27.7 Å². The standard InChI is InChI=1S/C16H22BrNO3.C13H18BrNO6.C7H9N.C4H8O/c1-15(2,11-16(3,17)14(20)21-4)13(19)18-10-12-8-6-5-7-9-12;1-12(2,7-13(3,14)11(19)20-4)10(18)21-15-8(16)5-6-9(15)17;8-6-7-4-2-1-3-5-7;1-2-4-5-3-1/h5-9H,10-11H2,1-4H3,(H,18,19);5-7H2,1-4H3;1-5H,6,8H2;1-4H2. The van der Waals surface area contributed by atoms with Crippen LogP contribution >= 0.6 is 31.9 Å². The predicted octanol–water partition coefficient (Wildman–Crippen LogP) is 6.32. The van der Waals surface area contributed by atoms with Crippen LogP contribution in [0.3, 0.4) is 0 Å². The fraction of sp³-hybridized carbons (Fsp3) is 0.550. The number of rotatable bonds is 12. The number of imide groups is 1. The Morgan fingerprint density at radius 2 is 1.13 bits per heavy atom. The summed E-state index contributed by atoms with van der Waals surface area (Å²) >= 11 is 6.57. The molecule has 4 rings (SSSR count). The largest absolute Gasteiger partial charge is 0.468 e. The van der Waals surface area contributed by atoms with E-state index in [4.69, 9.17) is 20.0 Å². The minimum atomic E-state index is -1.10. The Kier molecular flexibility index (Phi) is 21.0. The molecule has 2 fully saturated rings. The number of methoxy groups -OCH3 is 2. The molecule has 2 aromatic carbocycles. The smallest absolute Gasteiger partial charge is 0.338 e. The zero-order chi connectivity index (χ0) is 41.9. The molecule has 3 amide bonds. The Morgan fingerprint density at radius 3 is 1.49 bits per heavy atom. The van der Waals surface area contributed by atoms with Gasteiger partial charge in [0.25, 0.3) is 11.8 Å². The molecule has 0 saturated carbocycles. The van der Waals surface area contributed by atoms with Crippen LogP contribution in [0.4, 0.5) is 0 Å². The summed E-state index contributed by atoms with van der Waals surface area (Å²) in [7, 11) is 2.58. The number of amides is 3. The van der Waals surface area contributed by atoms with Gasteiger partial charge in [0.2, 0.25) is 5.91 Å². The highest BCUT2D eigenvalue weighted by Gasteiger charge is 2.45. The van der Waals surface area contributed by atoms with Gasteiger partial charge in [0.15, 0.2) is 0 Å². The highest BCUT2D eigenvalue weighted by Crippen LogP contribution is 2.37. The highest BCUT2D eigenvalue weighted by molar-refractivity contribution is 9.10. The van der Waals surface area contributed by atoms with E-state index >= 15 is 0 Å². The number of carbonyl (C=O) groups excluding carboxylic acids is 6. The maximum absolute atomic E-state index is 12.3. The van der Waals surface area contributed by atoms with Crippen molar-refractivity contribution in [1.82, 2.24) is 10.4 Å². The maximum Gasteiger partial charge on any atom is 0.338 e. The van der Waals surface area contributed by atoms with Gasteiger partial charge in [0, 0.05) is 44.6 Å². The predicted molar refractivity (Wildman–Crippen MR) is 215 cm³/mol. The van der Waals surface area contributed by atoms with Crippen molar-refractivity contribution in [1.29, 1.82) is 0 Å². The number of carbonyl (C=O) groups is 6. The molecular formula is C40H57Br2N3O10. The van der Waals surface area contributed by atoms with Gasteiger partial charge in [-0.15, -0.1) is 5.06 Å². The zero-order valence-electron chi connectivity index (χ0n) is 33.2. The van der Waals surface area contributed by atoms with Crippen molar-refractivity contribution in [3.63, 3.8) is 0 Å². The van der Waals surface area contributed by atoms with Crippen LogP contribution in [0.5, 0.6) is 0 Å². The molecule has 2 aliphatic heterocycles. The van der Waals surface area contributed by atoms with Gasteiger partial charge in [-0.2, -0.15) is 0 Å². The third-order valence-electron chi connectivity index (χ3n) is 8.32. The van der Waals surface area contributed by atoms with Gasteiger partial charge in [0.05, 0.1) is 19.6 Å². The van der Waals surface area contributed by atoms with Crippen molar-refractivity contribution in [2.45, 2.75) is 102 Å². The van der Waals surface area contributed by atoms with Gasteiger partial charge >= 0.3 is 17.9 Å². The zero-order valence-corrected chi connectivity index (χ0v) is 36.4. The van der Waals surface area contributed by atoms with Crippen molar-refractivity contribution < 1.29 is 47.8 Å². The van der Waals surface area contributed by atoms with Crippen LogP contribution in [0.25, 0.3) is 0 Å². The molecule has 15 heteroatoms. The number of hydroxylamine groups is 2. The summed E-state index contributed by atoms with van der Waals surface area (Å²) in [5, 5.41) is 3.40. The van der Waals surface area contributed by atoms with E-state index in [0.29, 0.717) is 24.6 Å². The number of halogens is 2. The van der Waals surface area contributed by atoms with Crippen molar-refractivity contribution in [3.8, 4) is 0 Å². The van der Waals surface area contributed by atoms with E-state index < -0.39 is 43.2 Å². The van der Waals surface area contributed by atoms with Gasteiger partial charge in [-0.3, -0.25) is 24.0 Å². The van der Waals surface area contributed by atoms with E-state index in [-0.39, 0.29) is 31.1 Å². The number of nitrogens with two attached hydrogens (primary N) is 1. The van der Waals surface area contributed by atoms with Crippen molar-refractivity contribution >= 4 is 67.5 Å². The monoisotopic (exact) mass is 897 g/mol. The Bertz CT molecular complexity index is 1520. The number of ether oxygens (including phenoxy) is 3. The molecule has 2 atom stereocenters.